The molecule has 0 aliphatic carbocycles. The van der Waals surface area contributed by atoms with E-state index in [0.717, 1.165) is 30.0 Å². The van der Waals surface area contributed by atoms with E-state index in [1.54, 1.807) is 0 Å². The molecule has 0 bridgehead atoms. The summed E-state index contributed by atoms with van der Waals surface area (Å²) in [6, 6.07) is 4.74. The third-order valence-corrected chi connectivity index (χ3v) is 3.70. The van der Waals surface area contributed by atoms with Crippen molar-refractivity contribution in [1.29, 1.82) is 0 Å². The third kappa shape index (κ3) is 3.61. The molecule has 102 valence electrons. The Hall–Kier alpha value is -0.760. The first-order valence-electron chi connectivity index (χ1n) is 6.86. The lowest BCUT2D eigenvalue weighted by Gasteiger charge is -2.29. The summed E-state index contributed by atoms with van der Waals surface area (Å²) in [5.41, 5.74) is 2.29. The Labute approximate surface area is 116 Å². The Kier molecular flexibility index (Phi) is 5.94. The van der Waals surface area contributed by atoms with Gasteiger partial charge in [0.1, 0.15) is 5.82 Å². The Morgan fingerprint density at radius 2 is 1.89 bits per heavy atom. The maximum atomic E-state index is 5.99. The average Bonchev–Trinajstić information content (AvgIpc) is 2.38. The highest BCUT2D eigenvalue weighted by Gasteiger charge is 2.14. The van der Waals surface area contributed by atoms with Crippen LogP contribution in [-0.2, 0) is 5.88 Å². The minimum atomic E-state index is 0.433. The standard InChI is InChI=1S/C15H25ClN2/c1-6-12(5)18(7-2)15-9-13(10-16)8-14(17-15)11(3)4/h8-9,11-12H,6-7,10H2,1-5H3. The maximum Gasteiger partial charge on any atom is 0.129 e. The monoisotopic (exact) mass is 268 g/mol. The molecule has 1 atom stereocenters. The van der Waals surface area contributed by atoms with Crippen molar-refractivity contribution in [3.8, 4) is 0 Å². The number of alkyl halides is 1. The number of nitrogens with zero attached hydrogens (tertiary/aromatic N) is 2. The molecule has 0 aliphatic heterocycles. The van der Waals surface area contributed by atoms with E-state index >= 15 is 0 Å². The van der Waals surface area contributed by atoms with Crippen LogP contribution in [0.5, 0.6) is 0 Å². The van der Waals surface area contributed by atoms with Crippen LogP contribution in [0.15, 0.2) is 12.1 Å². The molecule has 1 aromatic heterocycles. The van der Waals surface area contributed by atoms with Gasteiger partial charge in [-0.2, -0.15) is 0 Å². The Bertz CT molecular complexity index is 377. The smallest absolute Gasteiger partial charge is 0.129 e. The van der Waals surface area contributed by atoms with Gasteiger partial charge in [0, 0.05) is 24.2 Å². The van der Waals surface area contributed by atoms with E-state index < -0.39 is 0 Å². The van der Waals surface area contributed by atoms with E-state index in [9.17, 15) is 0 Å². The molecule has 2 nitrogen and oxygen atoms in total. The zero-order valence-electron chi connectivity index (χ0n) is 12.2. The van der Waals surface area contributed by atoms with E-state index in [0.29, 0.717) is 17.8 Å². The molecule has 0 aromatic carbocycles. The number of hydrogen-bond acceptors (Lipinski definition) is 2. The maximum absolute atomic E-state index is 5.99. The van der Waals surface area contributed by atoms with E-state index in [2.05, 4.69) is 51.7 Å². The largest absolute Gasteiger partial charge is 0.354 e. The summed E-state index contributed by atoms with van der Waals surface area (Å²) in [5, 5.41) is 0. The molecule has 0 aliphatic rings. The van der Waals surface area contributed by atoms with Crippen LogP contribution in [0.3, 0.4) is 0 Å². The Morgan fingerprint density at radius 3 is 2.33 bits per heavy atom. The van der Waals surface area contributed by atoms with Crippen molar-refractivity contribution in [3.63, 3.8) is 0 Å². The fourth-order valence-electron chi connectivity index (χ4n) is 2.03. The average molecular weight is 269 g/mol. The number of rotatable bonds is 6. The molecule has 1 rings (SSSR count). The first-order valence-corrected chi connectivity index (χ1v) is 7.40. The van der Waals surface area contributed by atoms with Gasteiger partial charge in [-0.05, 0) is 43.9 Å². The zero-order valence-corrected chi connectivity index (χ0v) is 13.0. The SMILES string of the molecule is CCC(C)N(CC)c1cc(CCl)cc(C(C)C)n1. The van der Waals surface area contributed by atoms with Crippen molar-refractivity contribution >= 4 is 17.4 Å². The van der Waals surface area contributed by atoms with Crippen LogP contribution in [-0.4, -0.2) is 17.6 Å². The Balaban J connectivity index is 3.16. The molecule has 18 heavy (non-hydrogen) atoms. The first kappa shape index (κ1) is 15.3. The fourth-order valence-corrected chi connectivity index (χ4v) is 2.19. The van der Waals surface area contributed by atoms with Crippen molar-refractivity contribution in [1.82, 2.24) is 4.98 Å². The predicted molar refractivity (Wildman–Crippen MR) is 80.7 cm³/mol. The lowest BCUT2D eigenvalue weighted by atomic mass is 10.1. The van der Waals surface area contributed by atoms with Crippen LogP contribution in [0.1, 0.15) is 58.2 Å². The van der Waals surface area contributed by atoms with Crippen molar-refractivity contribution in [2.24, 2.45) is 0 Å². The fraction of sp³-hybridized carbons (Fsp3) is 0.667. The van der Waals surface area contributed by atoms with Crippen LogP contribution in [0.4, 0.5) is 5.82 Å². The van der Waals surface area contributed by atoms with Crippen LogP contribution in [0.2, 0.25) is 0 Å². The number of hydrogen-bond donors (Lipinski definition) is 0. The molecule has 0 saturated heterocycles. The number of aromatic nitrogens is 1. The molecule has 0 N–H and O–H groups in total. The molecule has 1 unspecified atom stereocenters. The summed E-state index contributed by atoms with van der Waals surface area (Å²) >= 11 is 5.99. The van der Waals surface area contributed by atoms with E-state index in [1.165, 1.54) is 0 Å². The van der Waals surface area contributed by atoms with E-state index in [-0.39, 0.29) is 0 Å². The molecule has 0 fully saturated rings. The van der Waals surface area contributed by atoms with Gasteiger partial charge in [-0.1, -0.05) is 20.8 Å². The van der Waals surface area contributed by atoms with Gasteiger partial charge in [-0.3, -0.25) is 0 Å². The summed E-state index contributed by atoms with van der Waals surface area (Å²) in [6.45, 7) is 11.9. The van der Waals surface area contributed by atoms with Crippen molar-refractivity contribution < 1.29 is 0 Å². The van der Waals surface area contributed by atoms with E-state index in [1.807, 2.05) is 0 Å². The summed E-state index contributed by atoms with van der Waals surface area (Å²) in [5.74, 6) is 2.05. The predicted octanol–water partition coefficient (Wildman–Crippen LogP) is 4.57. The number of halogens is 1. The molecule has 0 spiro atoms. The van der Waals surface area contributed by atoms with Crippen molar-refractivity contribution in [3.05, 3.63) is 23.4 Å². The topological polar surface area (TPSA) is 16.1 Å². The minimum Gasteiger partial charge on any atom is -0.354 e. The lowest BCUT2D eigenvalue weighted by molar-refractivity contribution is 0.620. The molecule has 3 heteroatoms. The van der Waals surface area contributed by atoms with Crippen LogP contribution in [0, 0.1) is 0 Å². The normalized spacial score (nSPS) is 12.8. The molecule has 1 aromatic rings. The highest BCUT2D eigenvalue weighted by atomic mass is 35.5. The van der Waals surface area contributed by atoms with Gasteiger partial charge < -0.3 is 4.90 Å². The second kappa shape index (κ2) is 6.98. The van der Waals surface area contributed by atoms with Crippen LogP contribution >= 0.6 is 11.6 Å². The van der Waals surface area contributed by atoms with Crippen LogP contribution < -0.4 is 4.90 Å². The number of pyridine rings is 1. The van der Waals surface area contributed by atoms with Gasteiger partial charge in [0.2, 0.25) is 0 Å². The minimum absolute atomic E-state index is 0.433. The quantitative estimate of drug-likeness (QED) is 0.703. The lowest BCUT2D eigenvalue weighted by Crippen LogP contribution is -2.33. The summed E-state index contributed by atoms with van der Waals surface area (Å²) in [4.78, 5) is 7.14. The summed E-state index contributed by atoms with van der Waals surface area (Å²) in [6.07, 6.45) is 1.12. The zero-order chi connectivity index (χ0) is 13.7. The second-order valence-corrected chi connectivity index (χ2v) is 5.36. The van der Waals surface area contributed by atoms with E-state index in [4.69, 9.17) is 16.6 Å². The van der Waals surface area contributed by atoms with Gasteiger partial charge in [-0.25, -0.2) is 4.98 Å². The van der Waals surface area contributed by atoms with Crippen molar-refractivity contribution in [2.45, 2.75) is 58.9 Å². The van der Waals surface area contributed by atoms with Gasteiger partial charge in [0.05, 0.1) is 0 Å². The third-order valence-electron chi connectivity index (χ3n) is 3.40. The molecule has 0 amide bonds. The highest BCUT2D eigenvalue weighted by molar-refractivity contribution is 6.17. The van der Waals surface area contributed by atoms with Gasteiger partial charge in [-0.15, -0.1) is 11.6 Å². The number of anilines is 1. The Morgan fingerprint density at radius 1 is 1.22 bits per heavy atom. The first-order chi connectivity index (χ1) is 8.53. The molecular weight excluding hydrogens is 244 g/mol. The molecule has 0 saturated carbocycles. The summed E-state index contributed by atoms with van der Waals surface area (Å²) < 4.78 is 0. The van der Waals surface area contributed by atoms with Crippen molar-refractivity contribution in [2.75, 3.05) is 11.4 Å². The van der Waals surface area contributed by atoms with Gasteiger partial charge in [0.15, 0.2) is 0 Å². The molecule has 1 heterocycles. The van der Waals surface area contributed by atoms with Gasteiger partial charge in [0.25, 0.3) is 0 Å². The van der Waals surface area contributed by atoms with Crippen LogP contribution in [0.25, 0.3) is 0 Å². The molecule has 0 radical (unpaired) electrons. The van der Waals surface area contributed by atoms with Gasteiger partial charge >= 0.3 is 0 Å². The highest BCUT2D eigenvalue weighted by Crippen LogP contribution is 2.23. The summed E-state index contributed by atoms with van der Waals surface area (Å²) in [7, 11) is 0. The molecular formula is C15H25ClN2. The second-order valence-electron chi connectivity index (χ2n) is 5.09.